The summed E-state index contributed by atoms with van der Waals surface area (Å²) in [6.07, 6.45) is 3.20. The Hall–Kier alpha value is -2.52. The van der Waals surface area contributed by atoms with Crippen LogP contribution in [0.25, 0.3) is 0 Å². The quantitative estimate of drug-likeness (QED) is 0.593. The zero-order chi connectivity index (χ0) is 23.6. The molecule has 0 radical (unpaired) electrons. The summed E-state index contributed by atoms with van der Waals surface area (Å²) in [5.41, 5.74) is 0.759. The van der Waals surface area contributed by atoms with Crippen LogP contribution in [0, 0.1) is 17.1 Å². The molecule has 2 atom stereocenters. The van der Waals surface area contributed by atoms with Crippen LogP contribution < -0.4 is 10.1 Å². The van der Waals surface area contributed by atoms with Gasteiger partial charge in [-0.1, -0.05) is 11.6 Å². The third-order valence-electron chi connectivity index (χ3n) is 5.88. The lowest BCUT2D eigenvalue weighted by molar-refractivity contribution is 0.0874. The van der Waals surface area contributed by atoms with Gasteiger partial charge in [-0.3, -0.25) is 0 Å². The zero-order valence-electron chi connectivity index (χ0n) is 17.9. The average Bonchev–Trinajstić information content (AvgIpc) is 3.08. The highest BCUT2D eigenvalue weighted by Crippen LogP contribution is 2.39. The summed E-state index contributed by atoms with van der Waals surface area (Å²) in [6.45, 7) is 0.142. The van der Waals surface area contributed by atoms with Crippen molar-refractivity contribution in [3.8, 4) is 11.9 Å². The van der Waals surface area contributed by atoms with Gasteiger partial charge >= 0.3 is 0 Å². The lowest BCUT2D eigenvalue weighted by atomic mass is 10.0. The minimum Gasteiger partial charge on any atom is -0.472 e. The smallest absolute Gasteiger partial charge is 0.256 e. The van der Waals surface area contributed by atoms with E-state index in [1.54, 1.807) is 16.4 Å². The van der Waals surface area contributed by atoms with Crippen LogP contribution in [0.1, 0.15) is 31.2 Å². The molecule has 2 aliphatic heterocycles. The minimum atomic E-state index is -3.43. The second kappa shape index (κ2) is 9.77. The van der Waals surface area contributed by atoms with Crippen molar-refractivity contribution < 1.29 is 22.3 Å². The molecule has 0 unspecified atom stereocenters. The number of aromatic nitrogens is 2. The molecule has 4 rings (SSSR count). The van der Waals surface area contributed by atoms with E-state index in [1.807, 2.05) is 6.07 Å². The van der Waals surface area contributed by atoms with Crippen molar-refractivity contribution in [1.82, 2.24) is 14.3 Å². The van der Waals surface area contributed by atoms with E-state index in [4.69, 9.17) is 26.3 Å². The van der Waals surface area contributed by atoms with E-state index in [9.17, 15) is 8.42 Å². The maximum atomic E-state index is 15.1. The van der Waals surface area contributed by atoms with Crippen LogP contribution >= 0.6 is 11.6 Å². The molecule has 2 bridgehead atoms. The number of benzene rings is 1. The molecule has 2 aromatic rings. The van der Waals surface area contributed by atoms with E-state index in [-0.39, 0.29) is 47.3 Å². The molecular formula is C21H23ClFN5O4S. The van der Waals surface area contributed by atoms with Gasteiger partial charge in [0.05, 0.1) is 34.7 Å². The Kier molecular flexibility index (Phi) is 6.99. The molecule has 1 aromatic heterocycles. The second-order valence-corrected chi connectivity index (χ2v) is 10.4. The van der Waals surface area contributed by atoms with Gasteiger partial charge in [-0.2, -0.15) is 18.9 Å². The van der Waals surface area contributed by atoms with Gasteiger partial charge in [-0.25, -0.2) is 13.4 Å². The first-order valence-corrected chi connectivity index (χ1v) is 12.4. The standard InChI is InChI=1S/C21H23ClFN5O4S/c1-31-6-7-33(29,30)28-14-3-4-15(28)10-16(9-14)32-21-19(23)20(25-12-26-21)27-18-5-2-13(11-24)8-17(18)22/h2,5,8,12,14-16H,3-4,6-7,9-10H2,1H3,(H,25,26,27)/t14-,15-/m0/s1. The second-order valence-electron chi connectivity index (χ2n) is 8.01. The molecule has 2 saturated heterocycles. The Balaban J connectivity index is 1.46. The Morgan fingerprint density at radius 1 is 1.30 bits per heavy atom. The number of anilines is 2. The largest absolute Gasteiger partial charge is 0.472 e. The van der Waals surface area contributed by atoms with Crippen LogP contribution in [0.4, 0.5) is 15.9 Å². The van der Waals surface area contributed by atoms with Crippen molar-refractivity contribution in [1.29, 1.82) is 5.26 Å². The molecular weight excluding hydrogens is 473 g/mol. The lowest BCUT2D eigenvalue weighted by Crippen LogP contribution is -2.50. The number of halogens is 2. The van der Waals surface area contributed by atoms with Gasteiger partial charge in [0.25, 0.3) is 5.88 Å². The summed E-state index contributed by atoms with van der Waals surface area (Å²) in [5.74, 6) is -1.16. The Morgan fingerprint density at radius 2 is 2.03 bits per heavy atom. The van der Waals surface area contributed by atoms with Crippen LogP contribution in [0.15, 0.2) is 24.5 Å². The third kappa shape index (κ3) is 5.04. The number of methoxy groups -OCH3 is 1. The number of nitrogens with one attached hydrogen (secondary N) is 1. The number of hydrogen-bond donors (Lipinski definition) is 1. The predicted molar refractivity (Wildman–Crippen MR) is 119 cm³/mol. The number of piperidine rings is 1. The molecule has 9 nitrogen and oxygen atoms in total. The molecule has 1 N–H and O–H groups in total. The molecule has 0 aliphatic carbocycles. The molecule has 1 aromatic carbocycles. The van der Waals surface area contributed by atoms with Gasteiger partial charge in [-0.15, -0.1) is 0 Å². The molecule has 0 amide bonds. The first-order chi connectivity index (χ1) is 15.8. The fraction of sp³-hybridized carbons (Fsp3) is 0.476. The van der Waals surface area contributed by atoms with Crippen molar-refractivity contribution in [2.75, 3.05) is 24.8 Å². The van der Waals surface area contributed by atoms with Crippen LogP contribution in [-0.4, -0.2) is 60.3 Å². The van der Waals surface area contributed by atoms with Crippen molar-refractivity contribution in [3.05, 3.63) is 40.9 Å². The molecule has 0 spiro atoms. The van der Waals surface area contributed by atoms with Crippen molar-refractivity contribution in [2.24, 2.45) is 0 Å². The number of sulfonamides is 1. The molecule has 2 aliphatic rings. The number of rotatable bonds is 8. The fourth-order valence-corrected chi connectivity index (χ4v) is 6.53. The summed E-state index contributed by atoms with van der Waals surface area (Å²) in [6, 6.07) is 6.18. The van der Waals surface area contributed by atoms with Crippen molar-refractivity contribution in [3.63, 3.8) is 0 Å². The number of hydrogen-bond acceptors (Lipinski definition) is 8. The summed E-state index contributed by atoms with van der Waals surface area (Å²) < 4.78 is 52.9. The summed E-state index contributed by atoms with van der Waals surface area (Å²) in [7, 11) is -1.95. The topological polar surface area (TPSA) is 117 Å². The van der Waals surface area contributed by atoms with Crippen LogP contribution in [-0.2, 0) is 14.8 Å². The van der Waals surface area contributed by atoms with Gasteiger partial charge in [0, 0.05) is 32.0 Å². The molecule has 33 heavy (non-hydrogen) atoms. The summed E-state index contributed by atoms with van der Waals surface area (Å²) in [4.78, 5) is 7.86. The van der Waals surface area contributed by atoms with Crippen molar-refractivity contribution >= 4 is 33.1 Å². The van der Waals surface area contributed by atoms with E-state index in [0.717, 1.165) is 12.8 Å². The van der Waals surface area contributed by atoms with E-state index in [1.165, 1.54) is 19.5 Å². The van der Waals surface area contributed by atoms with E-state index in [2.05, 4.69) is 15.3 Å². The number of nitrogens with zero attached hydrogens (tertiary/aromatic N) is 4. The highest BCUT2D eigenvalue weighted by atomic mass is 35.5. The van der Waals surface area contributed by atoms with E-state index in [0.29, 0.717) is 24.1 Å². The highest BCUT2D eigenvalue weighted by Gasteiger charge is 2.47. The number of fused-ring (bicyclic) bond motifs is 2. The van der Waals surface area contributed by atoms with Crippen molar-refractivity contribution in [2.45, 2.75) is 43.9 Å². The van der Waals surface area contributed by atoms with E-state index >= 15 is 4.39 Å². The Bertz CT molecular complexity index is 1160. The van der Waals surface area contributed by atoms with Gasteiger partial charge < -0.3 is 14.8 Å². The van der Waals surface area contributed by atoms with Crippen LogP contribution in [0.3, 0.4) is 0 Å². The SMILES string of the molecule is COCCS(=O)(=O)N1[C@H]2CC[C@H]1CC(Oc1ncnc(Nc3ccc(C#N)cc3Cl)c1F)C2. The monoisotopic (exact) mass is 495 g/mol. The van der Waals surface area contributed by atoms with Crippen LogP contribution in [0.5, 0.6) is 5.88 Å². The molecule has 12 heteroatoms. The van der Waals surface area contributed by atoms with Gasteiger partial charge in [-0.05, 0) is 31.0 Å². The zero-order valence-corrected chi connectivity index (χ0v) is 19.4. The fourth-order valence-electron chi connectivity index (χ4n) is 4.42. The highest BCUT2D eigenvalue weighted by molar-refractivity contribution is 7.89. The summed E-state index contributed by atoms with van der Waals surface area (Å²) >= 11 is 6.15. The average molecular weight is 496 g/mol. The van der Waals surface area contributed by atoms with E-state index < -0.39 is 15.8 Å². The van der Waals surface area contributed by atoms with Gasteiger partial charge in [0.15, 0.2) is 5.82 Å². The minimum absolute atomic E-state index is 0.0600. The molecule has 3 heterocycles. The third-order valence-corrected chi connectivity index (χ3v) is 8.11. The number of nitriles is 1. The maximum Gasteiger partial charge on any atom is 0.256 e. The lowest BCUT2D eigenvalue weighted by Gasteiger charge is -2.37. The van der Waals surface area contributed by atoms with Crippen LogP contribution in [0.2, 0.25) is 5.02 Å². The molecule has 176 valence electrons. The van der Waals surface area contributed by atoms with Gasteiger partial charge in [0.1, 0.15) is 12.4 Å². The number of ether oxygens (including phenoxy) is 2. The van der Waals surface area contributed by atoms with Gasteiger partial charge in [0.2, 0.25) is 15.8 Å². The molecule has 2 fully saturated rings. The molecule has 0 saturated carbocycles. The summed E-state index contributed by atoms with van der Waals surface area (Å²) in [5, 5.41) is 12.0. The Morgan fingerprint density at radius 3 is 2.67 bits per heavy atom. The predicted octanol–water partition coefficient (Wildman–Crippen LogP) is 3.23. The Labute approximate surface area is 196 Å². The normalized spacial score (nSPS) is 22.7. The first kappa shape index (κ1) is 23.6. The first-order valence-electron chi connectivity index (χ1n) is 10.5. The maximum absolute atomic E-state index is 15.1.